The number of carbonyl (C=O) groups is 7. The minimum Gasteiger partial charge on any atom is -0.481 e. The zero-order chi connectivity index (χ0) is 44.9. The fraction of sp³-hybridized carbons (Fsp3) is 0.841. The molecule has 60 heavy (non-hydrogen) atoms. The minimum atomic E-state index is -1.10. The molecule has 0 rings (SSSR count). The molecule has 0 spiro atoms. The lowest BCUT2D eigenvalue weighted by molar-refractivity contribution is -0.142. The zero-order valence-electron chi connectivity index (χ0n) is 37.3. The Morgan fingerprint density at radius 1 is 0.450 bits per heavy atom. The van der Waals surface area contributed by atoms with Gasteiger partial charge in [0.25, 0.3) is 0 Å². The van der Waals surface area contributed by atoms with E-state index in [0.29, 0.717) is 84.8 Å². The molecule has 1 atom stereocenters. The van der Waals surface area contributed by atoms with Crippen LogP contribution in [0, 0.1) is 0 Å². The largest absolute Gasteiger partial charge is 0.481 e. The second kappa shape index (κ2) is 45.1. The van der Waals surface area contributed by atoms with Crippen molar-refractivity contribution >= 4 is 41.2 Å². The molecule has 5 N–H and O–H groups in total. The number of unbranched alkanes of at least 4 members (excludes halogenated alkanes) is 13. The standard InChI is InChI=1S/C26H47NO7.C18H34N2O6/c1-2-34-21-15-16-22(28)19-20-23(26(32)33)27-24(29)17-13-11-9-7-5-3-4-6-8-10-12-14-18-25(30)31;1-3-17(22)19-9-7-5-6-8-16(21)14-26-13-12-25-11-10-20-18(23)15-24-4-2/h23H,2-21H2,1H3,(H,27,29)(H,30,31)(H,32,33);3-15H2,1-2H3,(H,19,22)(H,20,23)/t23-;/m0./s1. The molecule has 0 aliphatic rings. The van der Waals surface area contributed by atoms with E-state index >= 15 is 0 Å². The van der Waals surface area contributed by atoms with Crippen molar-refractivity contribution in [2.75, 3.05) is 65.9 Å². The number of nitrogens with one attached hydrogen (secondary N) is 3. The Balaban J connectivity index is 0. The van der Waals surface area contributed by atoms with Crippen LogP contribution >= 0.6 is 0 Å². The molecule has 0 saturated heterocycles. The number of carboxylic acids is 2. The Bertz CT molecular complexity index is 1120. The van der Waals surface area contributed by atoms with Gasteiger partial charge in [-0.15, -0.1) is 0 Å². The summed E-state index contributed by atoms with van der Waals surface area (Å²) in [5, 5.41) is 25.9. The first kappa shape index (κ1) is 58.6. The van der Waals surface area contributed by atoms with E-state index < -0.39 is 18.0 Å². The number of aliphatic carboxylic acids is 2. The number of carbonyl (C=O) groups excluding carboxylic acids is 5. The number of hydrogen-bond donors (Lipinski definition) is 5. The van der Waals surface area contributed by atoms with Gasteiger partial charge in [0.15, 0.2) is 5.78 Å². The van der Waals surface area contributed by atoms with E-state index in [1.807, 2.05) is 20.8 Å². The van der Waals surface area contributed by atoms with Crippen molar-refractivity contribution in [2.24, 2.45) is 0 Å². The summed E-state index contributed by atoms with van der Waals surface area (Å²) in [5.41, 5.74) is 0. The van der Waals surface area contributed by atoms with Gasteiger partial charge in [-0.05, 0) is 52.4 Å². The van der Waals surface area contributed by atoms with Gasteiger partial charge in [0.2, 0.25) is 17.7 Å². The predicted molar refractivity (Wildman–Crippen MR) is 230 cm³/mol. The van der Waals surface area contributed by atoms with Gasteiger partial charge in [-0.2, -0.15) is 0 Å². The summed E-state index contributed by atoms with van der Waals surface area (Å²) in [4.78, 5) is 79.7. The topological polar surface area (TPSA) is 233 Å². The van der Waals surface area contributed by atoms with Gasteiger partial charge >= 0.3 is 11.9 Å². The lowest BCUT2D eigenvalue weighted by Crippen LogP contribution is -2.41. The van der Waals surface area contributed by atoms with Gasteiger partial charge in [0.1, 0.15) is 25.0 Å². The summed E-state index contributed by atoms with van der Waals surface area (Å²) in [5.74, 6) is -2.11. The quantitative estimate of drug-likeness (QED) is 0.0437. The first-order valence-corrected chi connectivity index (χ1v) is 22.6. The molecule has 0 aromatic carbocycles. The Kier molecular flexibility index (Phi) is 44.0. The van der Waals surface area contributed by atoms with Gasteiger partial charge < -0.3 is 45.1 Å². The van der Waals surface area contributed by atoms with Crippen LogP contribution in [-0.4, -0.2) is 123 Å². The number of ether oxygens (including phenoxy) is 4. The molecule has 0 radical (unpaired) electrons. The number of hydrogen-bond acceptors (Lipinski definition) is 11. The molecule has 0 unspecified atom stereocenters. The Morgan fingerprint density at radius 3 is 1.57 bits per heavy atom. The highest BCUT2D eigenvalue weighted by atomic mass is 16.5. The predicted octanol–water partition coefficient (Wildman–Crippen LogP) is 6.10. The van der Waals surface area contributed by atoms with E-state index in [1.165, 1.54) is 32.1 Å². The maximum absolute atomic E-state index is 12.1. The maximum Gasteiger partial charge on any atom is 0.326 e. The normalized spacial score (nSPS) is 11.2. The van der Waals surface area contributed by atoms with Crippen molar-refractivity contribution in [1.82, 2.24) is 16.0 Å². The van der Waals surface area contributed by atoms with Crippen molar-refractivity contribution in [3.63, 3.8) is 0 Å². The van der Waals surface area contributed by atoms with Gasteiger partial charge in [-0.3, -0.25) is 28.8 Å². The lowest BCUT2D eigenvalue weighted by atomic mass is 10.0. The SMILES string of the molecule is CCOCC(=O)NCCOCCOCC(=O)CCCCCNC(=O)CC.CCOCCCC(=O)CC[C@H](NC(=O)CCCCCCCCCCCCCCC(=O)O)C(=O)O. The van der Waals surface area contributed by atoms with Crippen LogP contribution in [0.25, 0.3) is 0 Å². The van der Waals surface area contributed by atoms with E-state index in [-0.39, 0.29) is 61.8 Å². The van der Waals surface area contributed by atoms with Crippen LogP contribution in [0.5, 0.6) is 0 Å². The molecule has 0 saturated carbocycles. The second-order valence-electron chi connectivity index (χ2n) is 14.7. The molecule has 0 heterocycles. The van der Waals surface area contributed by atoms with Crippen molar-refractivity contribution in [2.45, 2.75) is 174 Å². The highest BCUT2D eigenvalue weighted by molar-refractivity contribution is 5.84. The molecule has 3 amide bonds. The molecule has 0 aliphatic heterocycles. The molecular weight excluding hydrogens is 778 g/mol. The summed E-state index contributed by atoms with van der Waals surface area (Å²) in [6.45, 7) is 9.56. The monoisotopic (exact) mass is 860 g/mol. The van der Waals surface area contributed by atoms with Gasteiger partial charge in [-0.25, -0.2) is 4.79 Å². The highest BCUT2D eigenvalue weighted by Crippen LogP contribution is 2.13. The number of ketones is 2. The third kappa shape index (κ3) is 45.6. The summed E-state index contributed by atoms with van der Waals surface area (Å²) < 4.78 is 20.7. The van der Waals surface area contributed by atoms with E-state index in [1.54, 1.807) is 0 Å². The summed E-state index contributed by atoms with van der Waals surface area (Å²) >= 11 is 0. The van der Waals surface area contributed by atoms with Crippen molar-refractivity contribution in [3.05, 3.63) is 0 Å². The minimum absolute atomic E-state index is 0.00376. The van der Waals surface area contributed by atoms with E-state index in [2.05, 4.69) is 16.0 Å². The van der Waals surface area contributed by atoms with Crippen LogP contribution in [0.2, 0.25) is 0 Å². The molecule has 0 bridgehead atoms. The van der Waals surface area contributed by atoms with Crippen molar-refractivity contribution in [3.8, 4) is 0 Å². The zero-order valence-corrected chi connectivity index (χ0v) is 37.3. The highest BCUT2D eigenvalue weighted by Gasteiger charge is 2.20. The average molecular weight is 860 g/mol. The molecular formula is C44H81N3O13. The molecule has 0 aromatic heterocycles. The first-order chi connectivity index (χ1) is 29.0. The van der Waals surface area contributed by atoms with Crippen molar-refractivity contribution < 1.29 is 62.7 Å². The smallest absolute Gasteiger partial charge is 0.326 e. The molecule has 0 fully saturated rings. The summed E-state index contributed by atoms with van der Waals surface area (Å²) in [6.07, 6.45) is 18.2. The third-order valence-electron chi connectivity index (χ3n) is 9.25. The average Bonchev–Trinajstić information content (AvgIpc) is 3.22. The second-order valence-corrected chi connectivity index (χ2v) is 14.7. The number of rotatable bonds is 43. The van der Waals surface area contributed by atoms with Crippen LogP contribution in [-0.2, 0) is 52.5 Å². The van der Waals surface area contributed by atoms with Crippen LogP contribution in [0.15, 0.2) is 0 Å². The molecule has 0 aromatic rings. The summed E-state index contributed by atoms with van der Waals surface area (Å²) in [6, 6.07) is -1.01. The van der Waals surface area contributed by atoms with Crippen molar-refractivity contribution in [1.29, 1.82) is 0 Å². The Morgan fingerprint density at radius 2 is 0.983 bits per heavy atom. The number of amides is 3. The molecule has 16 nitrogen and oxygen atoms in total. The Hall–Kier alpha value is -3.47. The van der Waals surface area contributed by atoms with Crippen LogP contribution in [0.4, 0.5) is 0 Å². The van der Waals surface area contributed by atoms with Crippen LogP contribution < -0.4 is 16.0 Å². The van der Waals surface area contributed by atoms with Crippen LogP contribution in [0.3, 0.4) is 0 Å². The number of carboxylic acid groups (broad SMARTS) is 2. The maximum atomic E-state index is 12.1. The van der Waals surface area contributed by atoms with Crippen LogP contribution in [0.1, 0.15) is 168 Å². The van der Waals surface area contributed by atoms with E-state index in [0.717, 1.165) is 64.2 Å². The first-order valence-electron chi connectivity index (χ1n) is 22.6. The summed E-state index contributed by atoms with van der Waals surface area (Å²) in [7, 11) is 0. The van der Waals surface area contributed by atoms with Gasteiger partial charge in [-0.1, -0.05) is 77.6 Å². The fourth-order valence-electron chi connectivity index (χ4n) is 5.76. The molecule has 350 valence electrons. The Labute approximate surface area is 359 Å². The fourth-order valence-corrected chi connectivity index (χ4v) is 5.76. The molecule has 16 heteroatoms. The lowest BCUT2D eigenvalue weighted by Gasteiger charge is -2.14. The van der Waals surface area contributed by atoms with Gasteiger partial charge in [0, 0.05) is 71.4 Å². The van der Waals surface area contributed by atoms with Gasteiger partial charge in [0.05, 0.1) is 19.8 Å². The van der Waals surface area contributed by atoms with E-state index in [9.17, 15) is 38.7 Å². The molecule has 0 aliphatic carbocycles. The number of Topliss-reactive ketones (excluding diaryl/α,β-unsaturated/α-hetero) is 2. The van der Waals surface area contributed by atoms with E-state index in [4.69, 9.17) is 24.1 Å². The third-order valence-corrected chi connectivity index (χ3v) is 9.25.